The number of benzene rings is 1. The van der Waals surface area contributed by atoms with Crippen molar-refractivity contribution in [2.24, 2.45) is 7.05 Å². The molecule has 0 saturated carbocycles. The van der Waals surface area contributed by atoms with Gasteiger partial charge in [-0.05, 0) is 37.3 Å². The number of ether oxygens (including phenoxy) is 1. The molecule has 0 fully saturated rings. The highest BCUT2D eigenvalue weighted by Crippen LogP contribution is 2.46. The SMILES string of the molecule is COCCN1C(=O)C2=C(CCCC2)C1c1cn(C)c2ccccc12. The highest BCUT2D eigenvalue weighted by atomic mass is 16.5. The molecule has 4 nitrogen and oxygen atoms in total. The zero-order valence-corrected chi connectivity index (χ0v) is 14.4. The van der Waals surface area contributed by atoms with Gasteiger partial charge in [0.15, 0.2) is 0 Å². The van der Waals surface area contributed by atoms with E-state index in [1.54, 1.807) is 7.11 Å². The molecule has 0 spiro atoms. The fourth-order valence-corrected chi connectivity index (χ4v) is 4.32. The summed E-state index contributed by atoms with van der Waals surface area (Å²) in [5.41, 5.74) is 4.88. The molecule has 1 atom stereocenters. The number of methoxy groups -OCH3 is 1. The normalized spacial score (nSPS) is 21.0. The van der Waals surface area contributed by atoms with Crippen molar-refractivity contribution >= 4 is 16.8 Å². The molecule has 0 bridgehead atoms. The van der Waals surface area contributed by atoms with E-state index in [0.717, 1.165) is 24.8 Å². The average Bonchev–Trinajstić information content (AvgIpc) is 3.09. The van der Waals surface area contributed by atoms with Crippen molar-refractivity contribution in [3.8, 4) is 0 Å². The first-order chi connectivity index (χ1) is 11.7. The second-order valence-electron chi connectivity index (χ2n) is 6.82. The summed E-state index contributed by atoms with van der Waals surface area (Å²) in [4.78, 5) is 15.0. The fraction of sp³-hybridized carbons (Fsp3) is 0.450. The molecule has 4 heteroatoms. The van der Waals surface area contributed by atoms with Crippen LogP contribution < -0.4 is 0 Å². The van der Waals surface area contributed by atoms with E-state index in [9.17, 15) is 4.79 Å². The van der Waals surface area contributed by atoms with Gasteiger partial charge in [-0.15, -0.1) is 0 Å². The van der Waals surface area contributed by atoms with Gasteiger partial charge in [0.1, 0.15) is 0 Å². The van der Waals surface area contributed by atoms with Gasteiger partial charge in [-0.3, -0.25) is 4.79 Å². The molecular weight excluding hydrogens is 300 g/mol. The van der Waals surface area contributed by atoms with E-state index in [0.29, 0.717) is 13.2 Å². The van der Waals surface area contributed by atoms with E-state index in [2.05, 4.69) is 42.1 Å². The summed E-state index contributed by atoms with van der Waals surface area (Å²) in [6.45, 7) is 1.23. The smallest absolute Gasteiger partial charge is 0.250 e. The van der Waals surface area contributed by atoms with Gasteiger partial charge in [0, 0.05) is 48.9 Å². The first-order valence-corrected chi connectivity index (χ1v) is 8.78. The number of nitrogens with zero attached hydrogens (tertiary/aromatic N) is 2. The minimum Gasteiger partial charge on any atom is -0.383 e. The van der Waals surface area contributed by atoms with Gasteiger partial charge in [0.05, 0.1) is 12.6 Å². The van der Waals surface area contributed by atoms with E-state index >= 15 is 0 Å². The summed E-state index contributed by atoms with van der Waals surface area (Å²) in [5, 5.41) is 1.25. The largest absolute Gasteiger partial charge is 0.383 e. The Balaban J connectivity index is 1.85. The molecule has 2 aromatic rings. The lowest BCUT2D eigenvalue weighted by molar-refractivity contribution is -0.127. The van der Waals surface area contributed by atoms with Crippen LogP contribution in [0.3, 0.4) is 0 Å². The minimum absolute atomic E-state index is 0.0778. The maximum atomic E-state index is 13.0. The first kappa shape index (κ1) is 15.5. The van der Waals surface area contributed by atoms with Crippen molar-refractivity contribution in [1.82, 2.24) is 9.47 Å². The Morgan fingerprint density at radius 1 is 1.21 bits per heavy atom. The lowest BCUT2D eigenvalue weighted by Crippen LogP contribution is -2.33. The lowest BCUT2D eigenvalue weighted by Gasteiger charge is -2.27. The maximum Gasteiger partial charge on any atom is 0.250 e. The lowest BCUT2D eigenvalue weighted by atomic mass is 9.87. The van der Waals surface area contributed by atoms with Gasteiger partial charge in [-0.25, -0.2) is 0 Å². The molecule has 0 radical (unpaired) electrons. The number of aromatic nitrogens is 1. The predicted molar refractivity (Wildman–Crippen MR) is 94.7 cm³/mol. The van der Waals surface area contributed by atoms with Crippen molar-refractivity contribution in [3.05, 3.63) is 47.2 Å². The molecule has 4 rings (SSSR count). The van der Waals surface area contributed by atoms with Crippen LogP contribution in [0.4, 0.5) is 0 Å². The molecule has 1 amide bonds. The molecule has 2 heterocycles. The molecule has 1 aliphatic carbocycles. The Morgan fingerprint density at radius 2 is 2.00 bits per heavy atom. The predicted octanol–water partition coefficient (Wildman–Crippen LogP) is 3.58. The molecular formula is C20H24N2O2. The zero-order chi connectivity index (χ0) is 16.7. The van der Waals surface area contributed by atoms with Gasteiger partial charge in [0.2, 0.25) is 0 Å². The maximum absolute atomic E-state index is 13.0. The standard InChI is InChI=1S/C20H24N2O2/c1-21-13-17(14-7-5-6-10-18(14)21)19-15-8-3-4-9-16(15)20(23)22(19)11-12-24-2/h5-7,10,13,19H,3-4,8-9,11-12H2,1-2H3. The summed E-state index contributed by atoms with van der Waals surface area (Å²) in [5.74, 6) is 0.222. The molecule has 1 aromatic carbocycles. The number of rotatable bonds is 4. The van der Waals surface area contributed by atoms with Crippen LogP contribution in [0.1, 0.15) is 37.3 Å². The Morgan fingerprint density at radius 3 is 2.83 bits per heavy atom. The topological polar surface area (TPSA) is 34.5 Å². The third-order valence-electron chi connectivity index (χ3n) is 5.43. The second-order valence-corrected chi connectivity index (χ2v) is 6.82. The Kier molecular flexibility index (Phi) is 3.93. The van der Waals surface area contributed by atoms with Crippen LogP contribution in [0, 0.1) is 0 Å². The summed E-state index contributed by atoms with van der Waals surface area (Å²) in [7, 11) is 3.78. The zero-order valence-electron chi connectivity index (χ0n) is 14.4. The van der Waals surface area contributed by atoms with Crippen LogP contribution in [-0.2, 0) is 16.6 Å². The molecule has 0 saturated heterocycles. The number of fused-ring (bicyclic) bond motifs is 1. The second kappa shape index (κ2) is 6.10. The Hall–Kier alpha value is -2.07. The number of para-hydroxylation sites is 1. The summed E-state index contributed by atoms with van der Waals surface area (Å²) >= 11 is 0. The summed E-state index contributed by atoms with van der Waals surface area (Å²) in [6.07, 6.45) is 6.49. The average molecular weight is 324 g/mol. The minimum atomic E-state index is 0.0778. The van der Waals surface area contributed by atoms with Crippen LogP contribution in [0.25, 0.3) is 10.9 Å². The van der Waals surface area contributed by atoms with Crippen molar-refractivity contribution in [1.29, 1.82) is 0 Å². The van der Waals surface area contributed by atoms with E-state index in [1.165, 1.54) is 28.5 Å². The number of hydrogen-bond donors (Lipinski definition) is 0. The monoisotopic (exact) mass is 324 g/mol. The molecule has 1 aromatic heterocycles. The molecule has 126 valence electrons. The van der Waals surface area contributed by atoms with Crippen molar-refractivity contribution in [3.63, 3.8) is 0 Å². The number of hydrogen-bond acceptors (Lipinski definition) is 2. The van der Waals surface area contributed by atoms with Crippen LogP contribution in [0.5, 0.6) is 0 Å². The highest BCUT2D eigenvalue weighted by molar-refractivity contribution is 5.99. The molecule has 24 heavy (non-hydrogen) atoms. The number of carbonyl (C=O) groups excluding carboxylic acids is 1. The summed E-state index contributed by atoms with van der Waals surface area (Å²) < 4.78 is 7.44. The number of amides is 1. The highest BCUT2D eigenvalue weighted by Gasteiger charge is 2.41. The van der Waals surface area contributed by atoms with E-state index in [-0.39, 0.29) is 11.9 Å². The van der Waals surface area contributed by atoms with Crippen molar-refractivity contribution in [2.45, 2.75) is 31.7 Å². The molecule has 1 unspecified atom stereocenters. The fourth-order valence-electron chi connectivity index (χ4n) is 4.32. The molecule has 1 aliphatic heterocycles. The first-order valence-electron chi connectivity index (χ1n) is 8.78. The number of aryl methyl sites for hydroxylation is 1. The van der Waals surface area contributed by atoms with E-state index in [4.69, 9.17) is 4.74 Å². The Labute approximate surface area is 142 Å². The van der Waals surface area contributed by atoms with Crippen LogP contribution in [0.2, 0.25) is 0 Å². The number of carbonyl (C=O) groups is 1. The van der Waals surface area contributed by atoms with Crippen molar-refractivity contribution < 1.29 is 9.53 Å². The quantitative estimate of drug-likeness (QED) is 0.861. The summed E-state index contributed by atoms with van der Waals surface area (Å²) in [6, 6.07) is 8.54. The van der Waals surface area contributed by atoms with Gasteiger partial charge in [-0.1, -0.05) is 18.2 Å². The van der Waals surface area contributed by atoms with Crippen LogP contribution in [0.15, 0.2) is 41.6 Å². The van der Waals surface area contributed by atoms with E-state index < -0.39 is 0 Å². The third-order valence-corrected chi connectivity index (χ3v) is 5.43. The third kappa shape index (κ3) is 2.28. The Bertz CT molecular complexity index is 818. The van der Waals surface area contributed by atoms with Gasteiger partial charge in [0.25, 0.3) is 5.91 Å². The van der Waals surface area contributed by atoms with Gasteiger partial charge < -0.3 is 14.2 Å². The van der Waals surface area contributed by atoms with Crippen LogP contribution >= 0.6 is 0 Å². The van der Waals surface area contributed by atoms with E-state index in [1.807, 2.05) is 4.90 Å². The van der Waals surface area contributed by atoms with Gasteiger partial charge >= 0.3 is 0 Å². The van der Waals surface area contributed by atoms with Crippen molar-refractivity contribution in [2.75, 3.05) is 20.3 Å². The molecule has 0 N–H and O–H groups in total. The molecule has 2 aliphatic rings. The van der Waals surface area contributed by atoms with Gasteiger partial charge in [-0.2, -0.15) is 0 Å². The van der Waals surface area contributed by atoms with Crippen LogP contribution in [-0.4, -0.2) is 35.6 Å².